The van der Waals surface area contributed by atoms with Gasteiger partial charge in [-0.3, -0.25) is 4.79 Å². The Morgan fingerprint density at radius 1 is 1.26 bits per heavy atom. The van der Waals surface area contributed by atoms with Crippen LogP contribution in [-0.2, 0) is 4.79 Å². The van der Waals surface area contributed by atoms with E-state index < -0.39 is 0 Å². The highest BCUT2D eigenvalue weighted by Crippen LogP contribution is 2.13. The van der Waals surface area contributed by atoms with Gasteiger partial charge in [0.25, 0.3) is 5.91 Å². The van der Waals surface area contributed by atoms with Crippen molar-refractivity contribution in [3.63, 3.8) is 0 Å². The lowest BCUT2D eigenvalue weighted by Gasteiger charge is -2.21. The number of nitrogens with zero attached hydrogens (tertiary/aromatic N) is 2. The van der Waals surface area contributed by atoms with E-state index in [2.05, 4.69) is 36.5 Å². The third-order valence-electron chi connectivity index (χ3n) is 2.62. The van der Waals surface area contributed by atoms with E-state index in [0.717, 1.165) is 5.56 Å². The number of quaternary nitrogens is 1. The zero-order chi connectivity index (χ0) is 14.5. The molecule has 0 saturated carbocycles. The van der Waals surface area contributed by atoms with Gasteiger partial charge in [-0.2, -0.15) is 5.10 Å². The Kier molecular flexibility index (Phi) is 5.24. The quantitative estimate of drug-likeness (QED) is 0.492. The van der Waals surface area contributed by atoms with Crippen LogP contribution in [0.4, 0.5) is 0 Å². The number of rotatable bonds is 5. The summed E-state index contributed by atoms with van der Waals surface area (Å²) >= 11 is 0. The van der Waals surface area contributed by atoms with E-state index in [1.54, 1.807) is 6.21 Å². The summed E-state index contributed by atoms with van der Waals surface area (Å²) in [5, 5.41) is 3.97. The molecule has 0 unspecified atom stereocenters. The lowest BCUT2D eigenvalue weighted by molar-refractivity contribution is -0.862. The number of hydrazone groups is 1. The van der Waals surface area contributed by atoms with Crippen molar-refractivity contribution in [2.24, 2.45) is 5.10 Å². The Bertz CT molecular complexity index is 441. The molecule has 0 aromatic heterocycles. The molecule has 0 heterocycles. The number of carbonyl (C=O) groups is 1. The first-order chi connectivity index (χ1) is 8.78. The molecule has 0 aliphatic rings. The summed E-state index contributed by atoms with van der Waals surface area (Å²) < 4.78 is 0.588. The van der Waals surface area contributed by atoms with Crippen molar-refractivity contribution in [1.29, 1.82) is 0 Å². The minimum absolute atomic E-state index is 0.0810. The summed E-state index contributed by atoms with van der Waals surface area (Å²) in [5.41, 5.74) is 4.82. The molecule has 1 aromatic rings. The third kappa shape index (κ3) is 6.15. The lowest BCUT2D eigenvalue weighted by atomic mass is 10.0. The number of carbonyl (C=O) groups excluding carboxylic acids is 1. The van der Waals surface area contributed by atoms with Gasteiger partial charge in [0.2, 0.25) is 0 Å². The largest absolute Gasteiger partial charge is 0.323 e. The molecule has 1 N–H and O–H groups in total. The van der Waals surface area contributed by atoms with Gasteiger partial charge in [-0.15, -0.1) is 0 Å². The first kappa shape index (κ1) is 15.4. The van der Waals surface area contributed by atoms with Crippen molar-refractivity contribution in [2.45, 2.75) is 19.8 Å². The molecule has 0 atom stereocenters. The van der Waals surface area contributed by atoms with Gasteiger partial charge in [-0.1, -0.05) is 38.1 Å². The van der Waals surface area contributed by atoms with Gasteiger partial charge in [-0.25, -0.2) is 5.43 Å². The summed E-state index contributed by atoms with van der Waals surface area (Å²) in [7, 11) is 5.90. The zero-order valence-corrected chi connectivity index (χ0v) is 12.5. The number of nitrogens with one attached hydrogen (secondary N) is 1. The van der Waals surface area contributed by atoms with Crippen LogP contribution < -0.4 is 5.43 Å². The SMILES string of the molecule is CC(C)c1ccc(/C=N/NC(=O)C[N+](C)(C)C)cc1. The second kappa shape index (κ2) is 6.48. The molecule has 4 heteroatoms. The van der Waals surface area contributed by atoms with Crippen molar-refractivity contribution in [1.82, 2.24) is 5.43 Å². The van der Waals surface area contributed by atoms with Crippen LogP contribution in [0.3, 0.4) is 0 Å². The molecule has 4 nitrogen and oxygen atoms in total. The third-order valence-corrected chi connectivity index (χ3v) is 2.62. The average Bonchev–Trinajstić information content (AvgIpc) is 2.27. The summed E-state index contributed by atoms with van der Waals surface area (Å²) in [6, 6.07) is 8.18. The Morgan fingerprint density at radius 2 is 1.84 bits per heavy atom. The molecule has 19 heavy (non-hydrogen) atoms. The predicted octanol–water partition coefficient (Wildman–Crippen LogP) is 1.97. The van der Waals surface area contributed by atoms with E-state index in [4.69, 9.17) is 0 Å². The molecule has 1 rings (SSSR count). The van der Waals surface area contributed by atoms with Gasteiger partial charge in [0, 0.05) is 0 Å². The molecule has 1 amide bonds. The van der Waals surface area contributed by atoms with Crippen LogP contribution in [0.2, 0.25) is 0 Å². The summed E-state index contributed by atoms with van der Waals surface area (Å²) in [6.45, 7) is 4.73. The summed E-state index contributed by atoms with van der Waals surface area (Å²) in [5.74, 6) is 0.442. The van der Waals surface area contributed by atoms with Gasteiger partial charge in [-0.05, 0) is 17.0 Å². The standard InChI is InChI=1S/C15H23N3O/c1-12(2)14-8-6-13(7-9-14)10-16-17-15(19)11-18(3,4)5/h6-10,12H,11H2,1-5H3/p+1/b16-10+. The van der Waals surface area contributed by atoms with Crippen molar-refractivity contribution < 1.29 is 9.28 Å². The Labute approximate surface area is 115 Å². The van der Waals surface area contributed by atoms with Crippen LogP contribution in [0.1, 0.15) is 30.9 Å². The molecule has 104 valence electrons. The van der Waals surface area contributed by atoms with Crippen molar-refractivity contribution in [3.05, 3.63) is 35.4 Å². The van der Waals surface area contributed by atoms with E-state index in [1.807, 2.05) is 33.3 Å². The lowest BCUT2D eigenvalue weighted by Crippen LogP contribution is -2.43. The minimum atomic E-state index is -0.0810. The van der Waals surface area contributed by atoms with Crippen LogP contribution in [0.25, 0.3) is 0 Å². The van der Waals surface area contributed by atoms with E-state index in [9.17, 15) is 4.79 Å². The normalized spacial score (nSPS) is 12.1. The van der Waals surface area contributed by atoms with Crippen molar-refractivity contribution >= 4 is 12.1 Å². The fourth-order valence-electron chi connectivity index (χ4n) is 1.61. The zero-order valence-electron chi connectivity index (χ0n) is 12.5. The maximum absolute atomic E-state index is 11.6. The predicted molar refractivity (Wildman–Crippen MR) is 79.2 cm³/mol. The van der Waals surface area contributed by atoms with Gasteiger partial charge in [0.1, 0.15) is 0 Å². The smallest absolute Gasteiger partial charge is 0.295 e. The van der Waals surface area contributed by atoms with E-state index >= 15 is 0 Å². The Hall–Kier alpha value is -1.68. The second-order valence-corrected chi connectivity index (χ2v) is 6.06. The van der Waals surface area contributed by atoms with Crippen molar-refractivity contribution in [3.8, 4) is 0 Å². The highest BCUT2D eigenvalue weighted by atomic mass is 16.2. The molecule has 0 fully saturated rings. The minimum Gasteiger partial charge on any atom is -0.323 e. The highest BCUT2D eigenvalue weighted by Gasteiger charge is 2.12. The number of hydrogen-bond donors (Lipinski definition) is 1. The molecule has 0 bridgehead atoms. The number of likely N-dealkylation sites (N-methyl/N-ethyl adjacent to an activating group) is 1. The van der Waals surface area contributed by atoms with E-state index in [-0.39, 0.29) is 5.91 Å². The Balaban J connectivity index is 2.51. The molecular formula is C15H24N3O+. The maximum atomic E-state index is 11.6. The van der Waals surface area contributed by atoms with E-state index in [1.165, 1.54) is 5.56 Å². The first-order valence-electron chi connectivity index (χ1n) is 6.50. The van der Waals surface area contributed by atoms with Gasteiger partial charge < -0.3 is 4.48 Å². The molecule has 0 spiro atoms. The van der Waals surface area contributed by atoms with Crippen LogP contribution in [0.15, 0.2) is 29.4 Å². The molecule has 0 radical (unpaired) electrons. The van der Waals surface area contributed by atoms with Gasteiger partial charge in [0.15, 0.2) is 6.54 Å². The number of hydrogen-bond acceptors (Lipinski definition) is 2. The van der Waals surface area contributed by atoms with Gasteiger partial charge >= 0.3 is 0 Å². The molecule has 0 aliphatic carbocycles. The fraction of sp³-hybridized carbons (Fsp3) is 0.467. The van der Waals surface area contributed by atoms with Crippen LogP contribution >= 0.6 is 0 Å². The number of benzene rings is 1. The first-order valence-corrected chi connectivity index (χ1v) is 6.50. The topological polar surface area (TPSA) is 41.5 Å². The fourth-order valence-corrected chi connectivity index (χ4v) is 1.61. The molecule has 0 saturated heterocycles. The monoisotopic (exact) mass is 262 g/mol. The van der Waals surface area contributed by atoms with Gasteiger partial charge in [0.05, 0.1) is 27.4 Å². The molecular weight excluding hydrogens is 238 g/mol. The molecule has 1 aromatic carbocycles. The average molecular weight is 262 g/mol. The van der Waals surface area contributed by atoms with E-state index in [0.29, 0.717) is 16.9 Å². The second-order valence-electron chi connectivity index (χ2n) is 6.06. The maximum Gasteiger partial charge on any atom is 0.295 e. The highest BCUT2D eigenvalue weighted by molar-refractivity contribution is 5.82. The number of amides is 1. The summed E-state index contributed by atoms with van der Waals surface area (Å²) in [4.78, 5) is 11.6. The van der Waals surface area contributed by atoms with Crippen molar-refractivity contribution in [2.75, 3.05) is 27.7 Å². The summed E-state index contributed by atoms with van der Waals surface area (Å²) in [6.07, 6.45) is 1.66. The van der Waals surface area contributed by atoms with Crippen LogP contribution in [0.5, 0.6) is 0 Å². The van der Waals surface area contributed by atoms with Crippen LogP contribution in [-0.4, -0.2) is 44.3 Å². The molecule has 0 aliphatic heterocycles. The van der Waals surface area contributed by atoms with Crippen LogP contribution in [0, 0.1) is 0 Å². The Morgan fingerprint density at radius 3 is 2.32 bits per heavy atom.